The highest BCUT2D eigenvalue weighted by atomic mass is 35.5. The first kappa shape index (κ1) is 25.6. The van der Waals surface area contributed by atoms with Crippen LogP contribution in [0.4, 0.5) is 11.6 Å². The number of carbonyl (C=O) groups excluding carboxylic acids is 1. The molecule has 1 saturated carbocycles. The summed E-state index contributed by atoms with van der Waals surface area (Å²) in [6.45, 7) is 7.75. The molecule has 3 unspecified atom stereocenters. The molecule has 37 heavy (non-hydrogen) atoms. The zero-order valence-electron chi connectivity index (χ0n) is 21.2. The number of benzene rings is 1. The number of nitrogens with one attached hydrogen (secondary N) is 3. The van der Waals surface area contributed by atoms with E-state index in [1.807, 2.05) is 31.4 Å². The Labute approximate surface area is 221 Å². The van der Waals surface area contributed by atoms with E-state index in [4.69, 9.17) is 21.3 Å². The first-order chi connectivity index (χ1) is 17.9. The van der Waals surface area contributed by atoms with Crippen molar-refractivity contribution in [1.82, 2.24) is 30.0 Å². The Morgan fingerprint density at radius 1 is 1.24 bits per heavy atom. The van der Waals surface area contributed by atoms with E-state index in [0.717, 1.165) is 51.0 Å². The molecular weight excluding hydrogens is 492 g/mol. The maximum atomic E-state index is 11.8. The third kappa shape index (κ3) is 5.62. The van der Waals surface area contributed by atoms with Crippen LogP contribution in [-0.2, 0) is 9.53 Å². The number of amides is 1. The normalized spacial score (nSPS) is 23.2. The molecule has 10 nitrogen and oxygen atoms in total. The van der Waals surface area contributed by atoms with Crippen LogP contribution in [0.5, 0.6) is 0 Å². The molecule has 1 amide bonds. The Bertz CT molecular complexity index is 1270. The van der Waals surface area contributed by atoms with Crippen molar-refractivity contribution in [1.29, 1.82) is 0 Å². The first-order valence-corrected chi connectivity index (χ1v) is 13.0. The summed E-state index contributed by atoms with van der Waals surface area (Å²) in [5.74, 6) is 0.222. The van der Waals surface area contributed by atoms with Gasteiger partial charge in [-0.05, 0) is 44.5 Å². The van der Waals surface area contributed by atoms with Crippen LogP contribution in [0.2, 0.25) is 5.15 Å². The summed E-state index contributed by atoms with van der Waals surface area (Å²) < 4.78 is 5.89. The summed E-state index contributed by atoms with van der Waals surface area (Å²) in [4.78, 5) is 26.3. The number of fused-ring (bicyclic) bond motifs is 1. The molecule has 2 aliphatic rings. The summed E-state index contributed by atoms with van der Waals surface area (Å²) in [5.41, 5.74) is 2.55. The number of H-pyrrole nitrogens is 1. The summed E-state index contributed by atoms with van der Waals surface area (Å²) >= 11 is 6.44. The van der Waals surface area contributed by atoms with E-state index in [2.05, 4.69) is 49.2 Å². The van der Waals surface area contributed by atoms with Crippen molar-refractivity contribution in [2.24, 2.45) is 0 Å². The van der Waals surface area contributed by atoms with Crippen LogP contribution in [-0.4, -0.2) is 94.4 Å². The number of carbonyl (C=O) groups is 1. The lowest BCUT2D eigenvalue weighted by Crippen LogP contribution is -2.56. The molecule has 1 saturated heterocycles. The molecular formula is C26H33ClN8O2. The molecule has 2 fully saturated rings. The first-order valence-electron chi connectivity index (χ1n) is 12.6. The van der Waals surface area contributed by atoms with Gasteiger partial charge in [-0.1, -0.05) is 30.3 Å². The standard InChI is InChI=1S/C26H33ClN8O2/c1-4-21(36)28-17-7-5-6-16(14-17)23-22-24(27)32-33-25(22)31-26(30-23)29-18-8-9-20(37-3)19(15-18)35-12-10-34(2)11-13-35/h4-7,14,18-20H,1,8-13,15H2,2-3H3,(H,28,36)(H2,29,30,31,32,33). The monoisotopic (exact) mass is 524 g/mol. The summed E-state index contributed by atoms with van der Waals surface area (Å²) in [5, 5.41) is 14.5. The van der Waals surface area contributed by atoms with Gasteiger partial charge in [0.1, 0.15) is 5.15 Å². The van der Waals surface area contributed by atoms with Gasteiger partial charge in [-0.3, -0.25) is 14.8 Å². The highest BCUT2D eigenvalue weighted by Gasteiger charge is 2.36. The predicted molar refractivity (Wildman–Crippen MR) is 146 cm³/mol. The molecule has 1 aliphatic heterocycles. The number of methoxy groups -OCH3 is 1. The van der Waals surface area contributed by atoms with E-state index >= 15 is 0 Å². The van der Waals surface area contributed by atoms with Gasteiger partial charge in [-0.25, -0.2) is 4.98 Å². The van der Waals surface area contributed by atoms with Gasteiger partial charge in [-0.15, -0.1) is 0 Å². The van der Waals surface area contributed by atoms with E-state index in [9.17, 15) is 4.79 Å². The Balaban J connectivity index is 1.41. The smallest absolute Gasteiger partial charge is 0.247 e. The molecule has 2 aromatic heterocycles. The number of anilines is 2. The topological polar surface area (TPSA) is 111 Å². The lowest BCUT2D eigenvalue weighted by Gasteiger charge is -2.45. The molecule has 196 valence electrons. The van der Waals surface area contributed by atoms with Crippen LogP contribution in [0.15, 0.2) is 36.9 Å². The number of aromatic nitrogens is 4. The largest absolute Gasteiger partial charge is 0.380 e. The molecule has 0 bridgehead atoms. The van der Waals surface area contributed by atoms with Crippen molar-refractivity contribution in [2.45, 2.75) is 37.5 Å². The van der Waals surface area contributed by atoms with Crippen molar-refractivity contribution in [3.05, 3.63) is 42.1 Å². The third-order valence-corrected chi connectivity index (χ3v) is 7.63. The fourth-order valence-corrected chi connectivity index (χ4v) is 5.56. The summed E-state index contributed by atoms with van der Waals surface area (Å²) in [6, 6.07) is 7.99. The third-order valence-electron chi connectivity index (χ3n) is 7.36. The lowest BCUT2D eigenvalue weighted by atomic mass is 9.87. The van der Waals surface area contributed by atoms with Gasteiger partial charge in [-0.2, -0.15) is 10.1 Å². The molecule has 3 aromatic rings. The minimum Gasteiger partial charge on any atom is -0.380 e. The van der Waals surface area contributed by atoms with Crippen molar-refractivity contribution in [3.63, 3.8) is 0 Å². The maximum Gasteiger partial charge on any atom is 0.247 e. The molecule has 3 N–H and O–H groups in total. The van der Waals surface area contributed by atoms with E-state index in [1.165, 1.54) is 6.08 Å². The van der Waals surface area contributed by atoms with Gasteiger partial charge in [0, 0.05) is 56.6 Å². The Morgan fingerprint density at radius 3 is 2.81 bits per heavy atom. The number of halogens is 1. The van der Waals surface area contributed by atoms with E-state index in [0.29, 0.717) is 39.6 Å². The van der Waals surface area contributed by atoms with Crippen molar-refractivity contribution < 1.29 is 9.53 Å². The molecule has 5 rings (SSSR count). The molecule has 3 heterocycles. The van der Waals surface area contributed by atoms with E-state index in [1.54, 1.807) is 0 Å². The van der Waals surface area contributed by atoms with Gasteiger partial charge in [0.25, 0.3) is 0 Å². The second kappa shape index (κ2) is 11.1. The van der Waals surface area contributed by atoms with Gasteiger partial charge in [0.15, 0.2) is 5.65 Å². The molecule has 0 spiro atoms. The van der Waals surface area contributed by atoms with Gasteiger partial charge >= 0.3 is 0 Å². The number of piperazine rings is 1. The van der Waals surface area contributed by atoms with E-state index < -0.39 is 0 Å². The molecule has 11 heteroatoms. The predicted octanol–water partition coefficient (Wildman–Crippen LogP) is 3.39. The molecule has 3 atom stereocenters. The van der Waals surface area contributed by atoms with Crippen LogP contribution in [0.3, 0.4) is 0 Å². The zero-order chi connectivity index (χ0) is 25.9. The SMILES string of the molecule is C=CC(=O)Nc1cccc(-c2nc(NC3CCC(OC)C(N4CCN(C)CC4)C3)nc3n[nH]c(Cl)c23)c1. The van der Waals surface area contributed by atoms with Gasteiger partial charge in [0.2, 0.25) is 11.9 Å². The lowest BCUT2D eigenvalue weighted by molar-refractivity contribution is -0.111. The maximum absolute atomic E-state index is 11.8. The second-order valence-electron chi connectivity index (χ2n) is 9.74. The van der Waals surface area contributed by atoms with Crippen molar-refractivity contribution in [2.75, 3.05) is 51.0 Å². The average molecular weight is 525 g/mol. The number of rotatable bonds is 7. The highest BCUT2D eigenvalue weighted by molar-refractivity contribution is 6.35. The van der Waals surface area contributed by atoms with Gasteiger partial charge in [0.05, 0.1) is 17.2 Å². The Morgan fingerprint density at radius 2 is 2.05 bits per heavy atom. The van der Waals surface area contributed by atoms with Crippen LogP contribution >= 0.6 is 11.6 Å². The minimum absolute atomic E-state index is 0.203. The van der Waals surface area contributed by atoms with Crippen LogP contribution in [0, 0.1) is 0 Å². The Hall–Kier alpha value is -3.05. The number of aromatic amines is 1. The Kier molecular flexibility index (Phi) is 7.71. The zero-order valence-corrected chi connectivity index (χ0v) is 22.0. The van der Waals surface area contributed by atoms with Crippen molar-refractivity contribution in [3.8, 4) is 11.3 Å². The van der Waals surface area contributed by atoms with E-state index in [-0.39, 0.29) is 18.1 Å². The quantitative estimate of drug-likeness (QED) is 0.403. The highest BCUT2D eigenvalue weighted by Crippen LogP contribution is 2.33. The van der Waals surface area contributed by atoms with Crippen molar-refractivity contribution >= 4 is 40.2 Å². The second-order valence-corrected chi connectivity index (χ2v) is 10.1. The molecule has 0 radical (unpaired) electrons. The summed E-state index contributed by atoms with van der Waals surface area (Å²) in [6.07, 6.45) is 4.34. The minimum atomic E-state index is -0.282. The average Bonchev–Trinajstić information content (AvgIpc) is 3.29. The number of ether oxygens (including phenoxy) is 1. The number of nitrogens with zero attached hydrogens (tertiary/aromatic N) is 5. The van der Waals surface area contributed by atoms with Gasteiger partial charge < -0.3 is 20.3 Å². The number of hydrogen-bond acceptors (Lipinski definition) is 8. The number of likely N-dealkylation sites (N-methyl/N-ethyl adjacent to an activating group) is 1. The van der Waals surface area contributed by atoms with Crippen LogP contribution in [0.25, 0.3) is 22.3 Å². The van der Waals surface area contributed by atoms with Crippen LogP contribution in [0.1, 0.15) is 19.3 Å². The fraction of sp³-hybridized carbons (Fsp3) is 0.462. The molecule has 1 aromatic carbocycles. The summed E-state index contributed by atoms with van der Waals surface area (Å²) in [7, 11) is 3.99. The van der Waals surface area contributed by atoms with Crippen LogP contribution < -0.4 is 10.6 Å². The number of hydrogen-bond donors (Lipinski definition) is 3. The molecule has 1 aliphatic carbocycles. The fourth-order valence-electron chi connectivity index (χ4n) is 5.35.